The Kier molecular flexibility index (Phi) is 5.02. The lowest BCUT2D eigenvalue weighted by molar-refractivity contribution is 0.578. The molecule has 0 bridgehead atoms. The zero-order valence-electron chi connectivity index (χ0n) is 16.4. The number of aromatic amines is 1. The van der Waals surface area contributed by atoms with Crippen molar-refractivity contribution in [2.45, 2.75) is 31.1 Å². The number of nitrogens with zero attached hydrogens (tertiary/aromatic N) is 1. The van der Waals surface area contributed by atoms with Crippen LogP contribution in [0.1, 0.15) is 25.0 Å². The molecule has 2 heterocycles. The fraction of sp³-hybridized carbons (Fsp3) is 0.304. The summed E-state index contributed by atoms with van der Waals surface area (Å²) in [5, 5.41) is 0. The topological polar surface area (TPSA) is 53.2 Å². The van der Waals surface area contributed by atoms with E-state index in [-0.39, 0.29) is 0 Å². The molecule has 0 spiro atoms. The van der Waals surface area contributed by atoms with E-state index in [0.29, 0.717) is 4.90 Å². The maximum absolute atomic E-state index is 11.8. The number of sulfone groups is 1. The zero-order chi connectivity index (χ0) is 19.7. The van der Waals surface area contributed by atoms with Gasteiger partial charge in [0, 0.05) is 30.6 Å². The van der Waals surface area contributed by atoms with Crippen LogP contribution >= 0.6 is 0 Å². The zero-order valence-corrected chi connectivity index (χ0v) is 17.2. The van der Waals surface area contributed by atoms with Crippen LogP contribution in [0.2, 0.25) is 0 Å². The molecule has 1 aromatic heterocycles. The lowest BCUT2D eigenvalue weighted by Crippen LogP contribution is -2.29. The van der Waals surface area contributed by atoms with Crippen molar-refractivity contribution < 1.29 is 8.42 Å². The molecule has 1 aliphatic heterocycles. The minimum atomic E-state index is -3.19. The number of hydrogen-bond donors (Lipinski definition) is 1. The highest BCUT2D eigenvalue weighted by molar-refractivity contribution is 7.90. The van der Waals surface area contributed by atoms with Gasteiger partial charge in [0.15, 0.2) is 9.84 Å². The number of nitrogens with one attached hydrogen (secondary N) is 1. The predicted octanol–water partition coefficient (Wildman–Crippen LogP) is 5.05. The maximum atomic E-state index is 11.8. The van der Waals surface area contributed by atoms with Crippen LogP contribution in [-0.2, 0) is 9.84 Å². The van der Waals surface area contributed by atoms with Gasteiger partial charge in [0.05, 0.1) is 16.3 Å². The molecule has 0 unspecified atom stereocenters. The van der Waals surface area contributed by atoms with Crippen LogP contribution in [0.25, 0.3) is 22.4 Å². The summed E-state index contributed by atoms with van der Waals surface area (Å²) in [5.41, 5.74) is 6.81. The van der Waals surface area contributed by atoms with Gasteiger partial charge in [0.1, 0.15) is 0 Å². The Balaban J connectivity index is 1.79. The molecule has 3 aromatic rings. The van der Waals surface area contributed by atoms with Gasteiger partial charge >= 0.3 is 0 Å². The van der Waals surface area contributed by atoms with Crippen LogP contribution in [0.5, 0.6) is 0 Å². The van der Waals surface area contributed by atoms with E-state index in [1.807, 2.05) is 18.2 Å². The third kappa shape index (κ3) is 3.72. The second-order valence-electron chi connectivity index (χ2n) is 7.60. The highest BCUT2D eigenvalue weighted by Crippen LogP contribution is 2.38. The minimum Gasteiger partial charge on any atom is -0.370 e. The predicted molar refractivity (Wildman–Crippen MR) is 116 cm³/mol. The van der Waals surface area contributed by atoms with Gasteiger partial charge < -0.3 is 9.88 Å². The summed E-state index contributed by atoms with van der Waals surface area (Å²) < 4.78 is 23.6. The van der Waals surface area contributed by atoms with Crippen LogP contribution in [0.3, 0.4) is 0 Å². The van der Waals surface area contributed by atoms with Crippen molar-refractivity contribution in [3.8, 4) is 22.4 Å². The summed E-state index contributed by atoms with van der Waals surface area (Å²) >= 11 is 0. The highest BCUT2D eigenvalue weighted by atomic mass is 32.2. The minimum absolute atomic E-state index is 0.346. The van der Waals surface area contributed by atoms with Crippen LogP contribution in [0, 0.1) is 6.92 Å². The molecule has 146 valence electrons. The van der Waals surface area contributed by atoms with Gasteiger partial charge in [-0.05, 0) is 55.5 Å². The first kappa shape index (κ1) is 18.8. The van der Waals surface area contributed by atoms with Gasteiger partial charge in [-0.15, -0.1) is 0 Å². The molecule has 28 heavy (non-hydrogen) atoms. The van der Waals surface area contributed by atoms with E-state index < -0.39 is 9.84 Å². The van der Waals surface area contributed by atoms with Gasteiger partial charge in [-0.1, -0.05) is 36.4 Å². The molecule has 1 aliphatic rings. The maximum Gasteiger partial charge on any atom is 0.175 e. The Morgan fingerprint density at radius 1 is 0.893 bits per heavy atom. The van der Waals surface area contributed by atoms with Crippen molar-refractivity contribution in [2.75, 3.05) is 24.2 Å². The quantitative estimate of drug-likeness (QED) is 0.674. The Hall–Kier alpha value is -2.53. The first-order chi connectivity index (χ1) is 13.4. The standard InChI is InChI=1S/C23H26N2O2S/c1-17-16-22(25-14-6-3-7-15-25)23(24-17)21-9-5-4-8-20(21)18-10-12-19(13-11-18)28(2,26)27/h4-5,8-13,16,24H,3,6-7,14-15H2,1-2H3. The van der Waals surface area contributed by atoms with Crippen LogP contribution in [0.4, 0.5) is 5.69 Å². The highest BCUT2D eigenvalue weighted by Gasteiger charge is 2.20. The van der Waals surface area contributed by atoms with Crippen molar-refractivity contribution in [3.05, 3.63) is 60.3 Å². The first-order valence-electron chi connectivity index (χ1n) is 9.78. The van der Waals surface area contributed by atoms with E-state index in [4.69, 9.17) is 0 Å². The SMILES string of the molecule is Cc1cc(N2CCCCC2)c(-c2ccccc2-c2ccc(S(C)(=O)=O)cc2)[nH]1. The molecule has 1 saturated heterocycles. The number of benzene rings is 2. The molecule has 1 N–H and O–H groups in total. The molecule has 0 saturated carbocycles. The Bertz CT molecular complexity index is 1080. The number of anilines is 1. The van der Waals surface area contributed by atoms with Crippen molar-refractivity contribution in [1.82, 2.24) is 4.98 Å². The normalized spacial score (nSPS) is 15.0. The molecule has 2 aromatic carbocycles. The van der Waals surface area contributed by atoms with E-state index in [9.17, 15) is 8.42 Å². The van der Waals surface area contributed by atoms with Gasteiger partial charge in [-0.2, -0.15) is 0 Å². The van der Waals surface area contributed by atoms with Crippen LogP contribution in [-0.4, -0.2) is 32.7 Å². The van der Waals surface area contributed by atoms with Crippen molar-refractivity contribution in [1.29, 1.82) is 0 Å². The van der Waals surface area contributed by atoms with Crippen LogP contribution < -0.4 is 4.90 Å². The Labute approximate surface area is 167 Å². The number of rotatable bonds is 4. The number of hydrogen-bond acceptors (Lipinski definition) is 3. The molecule has 1 fully saturated rings. The summed E-state index contributed by atoms with van der Waals surface area (Å²) in [6.07, 6.45) is 5.01. The second kappa shape index (κ2) is 7.47. The monoisotopic (exact) mass is 394 g/mol. The summed E-state index contributed by atoms with van der Waals surface area (Å²) in [4.78, 5) is 6.39. The van der Waals surface area contributed by atoms with Crippen molar-refractivity contribution >= 4 is 15.5 Å². The van der Waals surface area contributed by atoms with Crippen molar-refractivity contribution in [3.63, 3.8) is 0 Å². The molecule has 0 amide bonds. The molecule has 4 rings (SSSR count). The third-order valence-corrected chi connectivity index (χ3v) is 6.55. The first-order valence-corrected chi connectivity index (χ1v) is 11.7. The van der Waals surface area contributed by atoms with Gasteiger partial charge in [0.25, 0.3) is 0 Å². The summed E-state index contributed by atoms with van der Waals surface area (Å²) in [6, 6.07) is 17.7. The number of piperidine rings is 1. The third-order valence-electron chi connectivity index (χ3n) is 5.42. The van der Waals surface area contributed by atoms with Gasteiger partial charge in [-0.3, -0.25) is 0 Å². The number of H-pyrrole nitrogens is 1. The van der Waals surface area contributed by atoms with Gasteiger partial charge in [0.2, 0.25) is 0 Å². The van der Waals surface area contributed by atoms with Crippen LogP contribution in [0.15, 0.2) is 59.5 Å². The van der Waals surface area contributed by atoms with Gasteiger partial charge in [-0.25, -0.2) is 8.42 Å². The van der Waals surface area contributed by atoms with Crippen molar-refractivity contribution in [2.24, 2.45) is 0 Å². The van der Waals surface area contributed by atoms with E-state index >= 15 is 0 Å². The van der Waals surface area contributed by atoms with E-state index in [1.165, 1.54) is 31.2 Å². The summed E-state index contributed by atoms with van der Waals surface area (Å²) in [5.74, 6) is 0. The lowest BCUT2D eigenvalue weighted by Gasteiger charge is -2.29. The molecule has 0 atom stereocenters. The average molecular weight is 395 g/mol. The van der Waals surface area contributed by atoms with E-state index in [0.717, 1.165) is 41.2 Å². The molecule has 5 heteroatoms. The summed E-state index contributed by atoms with van der Waals surface area (Å²) in [7, 11) is -3.19. The lowest BCUT2D eigenvalue weighted by atomic mass is 9.97. The average Bonchev–Trinajstić information content (AvgIpc) is 3.10. The molecular weight excluding hydrogens is 368 g/mol. The molecule has 0 radical (unpaired) electrons. The largest absolute Gasteiger partial charge is 0.370 e. The molecule has 0 aliphatic carbocycles. The fourth-order valence-corrected chi connectivity index (χ4v) is 4.63. The van der Waals surface area contributed by atoms with E-state index in [2.05, 4.69) is 41.1 Å². The number of aryl methyl sites for hydroxylation is 1. The Morgan fingerprint density at radius 2 is 1.54 bits per heavy atom. The fourth-order valence-electron chi connectivity index (χ4n) is 4.00. The summed E-state index contributed by atoms with van der Waals surface area (Å²) in [6.45, 7) is 4.28. The molecule has 4 nitrogen and oxygen atoms in total. The molecular formula is C23H26N2O2S. The smallest absolute Gasteiger partial charge is 0.175 e. The Morgan fingerprint density at radius 3 is 2.18 bits per heavy atom. The van der Waals surface area contributed by atoms with E-state index in [1.54, 1.807) is 12.1 Å². The number of aromatic nitrogens is 1. The second-order valence-corrected chi connectivity index (χ2v) is 9.62.